The van der Waals surface area contributed by atoms with Crippen LogP contribution in [-0.4, -0.2) is 5.57 Å². The van der Waals surface area contributed by atoms with E-state index in [1.54, 1.807) is 0 Å². The van der Waals surface area contributed by atoms with E-state index in [0.29, 0.717) is 0 Å². The van der Waals surface area contributed by atoms with Crippen LogP contribution in [0.4, 0.5) is 13.4 Å². The molecule has 1 nitrogen and oxygen atoms in total. The number of halogens is 3. The molecule has 0 atom stereocenters. The third-order valence-corrected chi connectivity index (χ3v) is 0. The Morgan fingerprint density at radius 2 is 1.00 bits per heavy atom. The van der Waals surface area contributed by atoms with Crippen LogP contribution in [-0.2, 0) is 0 Å². The first-order valence-electron chi connectivity index (χ1n) is 0.507. The van der Waals surface area contributed by atoms with Gasteiger partial charge in [-0.1, -0.05) is 20.9 Å². The standard InChI is InChI=1S/CH4.F3N/c;1-4(2)3/h1H4;. The van der Waals surface area contributed by atoms with Gasteiger partial charge in [-0.15, -0.1) is 0 Å². The summed E-state index contributed by atoms with van der Waals surface area (Å²) in [5.41, 5.74) is -2.50. The Morgan fingerprint density at radius 1 is 1.00 bits per heavy atom. The van der Waals surface area contributed by atoms with Crippen molar-refractivity contribution in [1.82, 2.24) is 5.57 Å². The maximum Gasteiger partial charge on any atom is 0.199 e. The molecule has 0 heterocycles. The Morgan fingerprint density at radius 3 is 1.00 bits per heavy atom. The van der Waals surface area contributed by atoms with Gasteiger partial charge in [0.1, 0.15) is 0 Å². The first-order chi connectivity index (χ1) is 1.73. The molecule has 0 fully saturated rings. The normalized spacial score (nSPS) is 7.20. The second kappa shape index (κ2) is 3.75. The molecule has 0 spiro atoms. The van der Waals surface area contributed by atoms with Crippen molar-refractivity contribution >= 4 is 0 Å². The quantitative estimate of drug-likeness (QED) is 0.405. The molecule has 0 amide bonds. The van der Waals surface area contributed by atoms with Crippen LogP contribution >= 0.6 is 0 Å². The van der Waals surface area contributed by atoms with Crippen LogP contribution in [0.15, 0.2) is 0 Å². The lowest BCUT2D eigenvalue weighted by Crippen LogP contribution is -1.72. The number of nitrogens with zero attached hydrogens (tertiary/aromatic N) is 1. The average Bonchev–Trinajstić information content (AvgIpc) is 0.811. The van der Waals surface area contributed by atoms with E-state index in [-0.39, 0.29) is 7.43 Å². The van der Waals surface area contributed by atoms with Gasteiger partial charge in [-0.05, 0) is 0 Å². The van der Waals surface area contributed by atoms with Crippen LogP contribution in [0.3, 0.4) is 0 Å². The van der Waals surface area contributed by atoms with E-state index in [1.165, 1.54) is 0 Å². The summed E-state index contributed by atoms with van der Waals surface area (Å²) in [6.07, 6.45) is 0. The number of hydrogen-bond donors (Lipinski definition) is 0. The van der Waals surface area contributed by atoms with Crippen molar-refractivity contribution < 1.29 is 13.4 Å². The van der Waals surface area contributed by atoms with Crippen molar-refractivity contribution in [3.05, 3.63) is 0 Å². The first kappa shape index (κ1) is 8.83. The SMILES string of the molecule is C.FN(F)F. The molecule has 34 valence electrons. The Hall–Kier alpha value is -0.250. The largest absolute Gasteiger partial charge is 0.199 e. The van der Waals surface area contributed by atoms with Gasteiger partial charge in [0.15, 0.2) is 5.57 Å². The summed E-state index contributed by atoms with van der Waals surface area (Å²) in [5, 5.41) is 0. The van der Waals surface area contributed by atoms with E-state index < -0.39 is 5.57 Å². The van der Waals surface area contributed by atoms with Gasteiger partial charge in [-0.2, -0.15) is 0 Å². The van der Waals surface area contributed by atoms with E-state index in [9.17, 15) is 13.4 Å². The lowest BCUT2D eigenvalue weighted by molar-refractivity contribution is -0.295. The van der Waals surface area contributed by atoms with Crippen LogP contribution in [0, 0.1) is 0 Å². The highest BCUT2D eigenvalue weighted by Gasteiger charge is 1.80. The smallest absolute Gasteiger partial charge is 0.0776 e. The summed E-state index contributed by atoms with van der Waals surface area (Å²) in [4.78, 5) is 0. The summed E-state index contributed by atoms with van der Waals surface area (Å²) in [7, 11) is 0. The third-order valence-electron chi connectivity index (χ3n) is 0. The molecule has 0 unspecified atom stereocenters. The minimum atomic E-state index is -2.50. The van der Waals surface area contributed by atoms with Crippen molar-refractivity contribution in [3.63, 3.8) is 0 Å². The van der Waals surface area contributed by atoms with Gasteiger partial charge in [0, 0.05) is 0 Å². The predicted molar refractivity (Wildman–Crippen MR) is 11.9 cm³/mol. The van der Waals surface area contributed by atoms with Crippen molar-refractivity contribution in [2.24, 2.45) is 0 Å². The summed E-state index contributed by atoms with van der Waals surface area (Å²) < 4.78 is 28.5. The maximum absolute atomic E-state index is 9.50. The summed E-state index contributed by atoms with van der Waals surface area (Å²) >= 11 is 0. The van der Waals surface area contributed by atoms with Gasteiger partial charge < -0.3 is 0 Å². The molecular weight excluding hydrogens is 83.0 g/mol. The molecule has 0 aromatic heterocycles. The fourth-order valence-electron chi connectivity index (χ4n) is 0. The fourth-order valence-corrected chi connectivity index (χ4v) is 0. The molecule has 0 aliphatic carbocycles. The highest BCUT2D eigenvalue weighted by molar-refractivity contribution is 3.24. The highest BCUT2D eigenvalue weighted by atomic mass is 19.5. The van der Waals surface area contributed by atoms with E-state index in [2.05, 4.69) is 0 Å². The molecule has 0 bridgehead atoms. The Kier molecular flexibility index (Phi) is 6.62. The lowest BCUT2D eigenvalue weighted by atomic mass is 12.0. The van der Waals surface area contributed by atoms with Crippen molar-refractivity contribution in [3.8, 4) is 0 Å². The van der Waals surface area contributed by atoms with Crippen molar-refractivity contribution in [2.45, 2.75) is 7.43 Å². The molecule has 0 aromatic rings. The second-order valence-corrected chi connectivity index (χ2v) is 0.192. The minimum Gasteiger partial charge on any atom is -0.0776 e. The molecule has 5 heavy (non-hydrogen) atoms. The van der Waals surface area contributed by atoms with Crippen molar-refractivity contribution in [1.29, 1.82) is 0 Å². The van der Waals surface area contributed by atoms with Crippen LogP contribution < -0.4 is 0 Å². The number of rotatable bonds is 0. The zero-order valence-electron chi connectivity index (χ0n) is 1.58. The van der Waals surface area contributed by atoms with Crippen molar-refractivity contribution in [2.75, 3.05) is 0 Å². The lowest BCUT2D eigenvalue weighted by Gasteiger charge is -1.67. The first-order valence-corrected chi connectivity index (χ1v) is 0.507. The Labute approximate surface area is 27.8 Å². The summed E-state index contributed by atoms with van der Waals surface area (Å²) in [5.74, 6) is 0. The van der Waals surface area contributed by atoms with Crippen LogP contribution in [0.2, 0.25) is 0 Å². The summed E-state index contributed by atoms with van der Waals surface area (Å²) in [6.45, 7) is 0. The molecule has 0 rings (SSSR count). The third kappa shape index (κ3) is 184. The average molecular weight is 87.0 g/mol. The Bertz CT molecular complexity index is 11.6. The molecular formula is CH4F3N. The second-order valence-electron chi connectivity index (χ2n) is 0.192. The molecule has 4 heteroatoms. The Balaban J connectivity index is 0. The monoisotopic (exact) mass is 87.0 g/mol. The van der Waals surface area contributed by atoms with Crippen LogP contribution in [0.1, 0.15) is 7.43 Å². The van der Waals surface area contributed by atoms with Crippen LogP contribution in [0.25, 0.3) is 0 Å². The molecule has 0 saturated heterocycles. The van der Waals surface area contributed by atoms with Gasteiger partial charge in [-0.25, -0.2) is 0 Å². The van der Waals surface area contributed by atoms with Gasteiger partial charge in [0.25, 0.3) is 0 Å². The van der Waals surface area contributed by atoms with Gasteiger partial charge in [0.05, 0.1) is 0 Å². The zero-order valence-corrected chi connectivity index (χ0v) is 1.58. The van der Waals surface area contributed by atoms with E-state index in [0.717, 1.165) is 0 Å². The number of hydrogen-bond acceptors (Lipinski definition) is 1. The van der Waals surface area contributed by atoms with Gasteiger partial charge in [-0.3, -0.25) is 0 Å². The highest BCUT2D eigenvalue weighted by Crippen LogP contribution is 1.82. The fraction of sp³-hybridized carbons (Fsp3) is 1.00. The van der Waals surface area contributed by atoms with E-state index in [4.69, 9.17) is 0 Å². The molecule has 0 aliphatic rings. The van der Waals surface area contributed by atoms with E-state index in [1.807, 2.05) is 0 Å². The molecule has 0 aliphatic heterocycles. The summed E-state index contributed by atoms with van der Waals surface area (Å²) in [6, 6.07) is 0. The molecule has 0 radical (unpaired) electrons. The molecule has 0 N–H and O–H groups in total. The topological polar surface area (TPSA) is 3.24 Å². The van der Waals surface area contributed by atoms with Crippen LogP contribution in [0.5, 0.6) is 0 Å². The molecule has 0 aromatic carbocycles. The van der Waals surface area contributed by atoms with Gasteiger partial charge >= 0.3 is 0 Å². The molecule has 0 saturated carbocycles. The van der Waals surface area contributed by atoms with E-state index >= 15 is 0 Å². The predicted octanol–water partition coefficient (Wildman–Crippen LogP) is 1.58. The van der Waals surface area contributed by atoms with Gasteiger partial charge in [0.2, 0.25) is 0 Å². The maximum atomic E-state index is 9.50. The zero-order chi connectivity index (χ0) is 3.58. The minimum absolute atomic E-state index is 0.